The fraction of sp³-hybridized carbons (Fsp3) is 0.231. The van der Waals surface area contributed by atoms with Crippen LogP contribution in [0, 0.1) is 6.92 Å². The Labute approximate surface area is 108 Å². The molecule has 3 rings (SSSR count). The van der Waals surface area contributed by atoms with E-state index in [-0.39, 0.29) is 17.3 Å². The number of carboxylic acids is 1. The van der Waals surface area contributed by atoms with Crippen LogP contribution in [0.4, 0.5) is 0 Å². The molecule has 0 saturated carbocycles. The maximum Gasteiger partial charge on any atom is 0.358 e. The molecule has 6 nitrogen and oxygen atoms in total. The molecule has 1 aliphatic rings. The van der Waals surface area contributed by atoms with Crippen LogP contribution in [0.3, 0.4) is 0 Å². The Morgan fingerprint density at radius 3 is 2.68 bits per heavy atom. The number of carbonyl (C=O) groups is 1. The molecule has 1 aliphatic heterocycles. The van der Waals surface area contributed by atoms with Crippen LogP contribution in [0.5, 0.6) is 11.5 Å². The monoisotopic (exact) mass is 261 g/mol. The zero-order valence-corrected chi connectivity index (χ0v) is 10.2. The van der Waals surface area contributed by atoms with E-state index in [0.717, 1.165) is 0 Å². The van der Waals surface area contributed by atoms with Crippen molar-refractivity contribution >= 4 is 5.97 Å². The Morgan fingerprint density at radius 2 is 2.00 bits per heavy atom. The van der Waals surface area contributed by atoms with Gasteiger partial charge in [-0.25, -0.2) is 9.78 Å². The van der Waals surface area contributed by atoms with Crippen molar-refractivity contribution in [1.82, 2.24) is 4.98 Å². The summed E-state index contributed by atoms with van der Waals surface area (Å²) in [6.45, 7) is 2.58. The third kappa shape index (κ3) is 2.01. The van der Waals surface area contributed by atoms with Gasteiger partial charge in [-0.2, -0.15) is 0 Å². The summed E-state index contributed by atoms with van der Waals surface area (Å²) in [6, 6.07) is 5.24. The van der Waals surface area contributed by atoms with Crippen molar-refractivity contribution in [3.63, 3.8) is 0 Å². The Hall–Kier alpha value is -2.50. The van der Waals surface area contributed by atoms with Crippen LogP contribution in [0.25, 0.3) is 11.5 Å². The van der Waals surface area contributed by atoms with Crippen molar-refractivity contribution in [2.45, 2.75) is 6.92 Å². The molecular weight excluding hydrogens is 250 g/mol. The number of hydrogen-bond donors (Lipinski definition) is 1. The predicted molar refractivity (Wildman–Crippen MR) is 64.6 cm³/mol. The second kappa shape index (κ2) is 4.31. The van der Waals surface area contributed by atoms with Gasteiger partial charge in [0.2, 0.25) is 5.89 Å². The second-order valence-corrected chi connectivity index (χ2v) is 4.09. The quantitative estimate of drug-likeness (QED) is 0.891. The molecule has 0 aliphatic carbocycles. The number of hydrogen-bond acceptors (Lipinski definition) is 5. The minimum Gasteiger partial charge on any atom is -0.486 e. The number of aromatic carboxylic acids is 1. The molecule has 2 heterocycles. The summed E-state index contributed by atoms with van der Waals surface area (Å²) >= 11 is 0. The van der Waals surface area contributed by atoms with Gasteiger partial charge in [0.25, 0.3) is 0 Å². The van der Waals surface area contributed by atoms with Gasteiger partial charge >= 0.3 is 5.97 Å². The Morgan fingerprint density at radius 1 is 1.26 bits per heavy atom. The molecule has 0 saturated heterocycles. The molecule has 0 atom stereocenters. The highest BCUT2D eigenvalue weighted by Crippen LogP contribution is 2.34. The molecule has 0 spiro atoms. The standard InChI is InChI=1S/C13H11NO5/c1-7-11(13(15)16)14-12(19-7)8-2-3-9-10(6-8)18-5-4-17-9/h2-3,6H,4-5H2,1H3,(H,15,16). The predicted octanol–water partition coefficient (Wildman–Crippen LogP) is 2.12. The number of fused-ring (bicyclic) bond motifs is 1. The summed E-state index contributed by atoms with van der Waals surface area (Å²) in [5, 5.41) is 8.95. The molecule has 2 aromatic rings. The fourth-order valence-corrected chi connectivity index (χ4v) is 1.89. The van der Waals surface area contributed by atoms with Crippen LogP contribution in [0.15, 0.2) is 22.6 Å². The Bertz CT molecular complexity index is 646. The van der Waals surface area contributed by atoms with Crippen LogP contribution < -0.4 is 9.47 Å². The largest absolute Gasteiger partial charge is 0.486 e. The normalized spacial score (nSPS) is 13.3. The third-order valence-corrected chi connectivity index (χ3v) is 2.79. The third-order valence-electron chi connectivity index (χ3n) is 2.79. The molecule has 1 aromatic heterocycles. The minimum absolute atomic E-state index is 0.0788. The van der Waals surface area contributed by atoms with Crippen molar-refractivity contribution in [2.75, 3.05) is 13.2 Å². The smallest absolute Gasteiger partial charge is 0.358 e. The Balaban J connectivity index is 2.02. The highest BCUT2D eigenvalue weighted by molar-refractivity contribution is 5.87. The van der Waals surface area contributed by atoms with E-state index in [1.807, 2.05) is 0 Å². The van der Waals surface area contributed by atoms with Crippen molar-refractivity contribution < 1.29 is 23.8 Å². The first kappa shape index (κ1) is 11.6. The van der Waals surface area contributed by atoms with Gasteiger partial charge in [0.15, 0.2) is 17.2 Å². The summed E-state index contributed by atoms with van der Waals surface area (Å²) in [6.07, 6.45) is 0. The van der Waals surface area contributed by atoms with Gasteiger partial charge in [0.1, 0.15) is 19.0 Å². The lowest BCUT2D eigenvalue weighted by Crippen LogP contribution is -2.15. The van der Waals surface area contributed by atoms with Gasteiger partial charge in [-0.3, -0.25) is 0 Å². The number of oxazole rings is 1. The van der Waals surface area contributed by atoms with E-state index in [0.29, 0.717) is 30.3 Å². The van der Waals surface area contributed by atoms with Crippen LogP contribution in [-0.4, -0.2) is 29.3 Å². The lowest BCUT2D eigenvalue weighted by atomic mass is 10.2. The van der Waals surface area contributed by atoms with Gasteiger partial charge in [-0.1, -0.05) is 0 Å². The molecule has 6 heteroatoms. The first-order valence-electron chi connectivity index (χ1n) is 5.76. The highest BCUT2D eigenvalue weighted by atomic mass is 16.6. The second-order valence-electron chi connectivity index (χ2n) is 4.09. The maximum atomic E-state index is 10.9. The van der Waals surface area contributed by atoms with Crippen molar-refractivity contribution in [3.05, 3.63) is 29.7 Å². The number of aromatic nitrogens is 1. The van der Waals surface area contributed by atoms with Crippen LogP contribution in [-0.2, 0) is 0 Å². The van der Waals surface area contributed by atoms with Crippen LogP contribution in [0.2, 0.25) is 0 Å². The molecule has 19 heavy (non-hydrogen) atoms. The van der Waals surface area contributed by atoms with Gasteiger partial charge < -0.3 is 19.0 Å². The molecule has 1 N–H and O–H groups in total. The molecule has 0 bridgehead atoms. The molecule has 0 fully saturated rings. The molecule has 0 amide bonds. The SMILES string of the molecule is Cc1oc(-c2ccc3c(c2)OCCO3)nc1C(=O)O. The van der Waals surface area contributed by atoms with Crippen molar-refractivity contribution in [3.8, 4) is 23.0 Å². The van der Waals surface area contributed by atoms with E-state index < -0.39 is 5.97 Å². The van der Waals surface area contributed by atoms with Crippen molar-refractivity contribution in [2.24, 2.45) is 0 Å². The summed E-state index contributed by atoms with van der Waals surface area (Å²) in [7, 11) is 0. The zero-order valence-electron chi connectivity index (χ0n) is 10.2. The van der Waals surface area contributed by atoms with E-state index >= 15 is 0 Å². The molecule has 0 unspecified atom stereocenters. The van der Waals surface area contributed by atoms with Crippen molar-refractivity contribution in [1.29, 1.82) is 0 Å². The Kier molecular flexibility index (Phi) is 2.63. The first-order valence-corrected chi connectivity index (χ1v) is 5.76. The number of rotatable bonds is 2. The number of carboxylic acid groups (broad SMARTS) is 1. The van der Waals surface area contributed by atoms with E-state index in [1.54, 1.807) is 25.1 Å². The maximum absolute atomic E-state index is 10.9. The molecule has 0 radical (unpaired) electrons. The van der Waals surface area contributed by atoms with Gasteiger partial charge in [0, 0.05) is 5.56 Å². The van der Waals surface area contributed by atoms with E-state index in [2.05, 4.69) is 4.98 Å². The van der Waals surface area contributed by atoms with Gasteiger partial charge in [-0.15, -0.1) is 0 Å². The topological polar surface area (TPSA) is 81.8 Å². The van der Waals surface area contributed by atoms with E-state index in [4.69, 9.17) is 19.0 Å². The van der Waals surface area contributed by atoms with Gasteiger partial charge in [0.05, 0.1) is 0 Å². The lowest BCUT2D eigenvalue weighted by molar-refractivity contribution is 0.0689. The number of nitrogens with zero attached hydrogens (tertiary/aromatic N) is 1. The van der Waals surface area contributed by atoms with E-state index in [9.17, 15) is 4.79 Å². The van der Waals surface area contributed by atoms with Crippen LogP contribution in [0.1, 0.15) is 16.2 Å². The average Bonchev–Trinajstić information content (AvgIpc) is 2.80. The van der Waals surface area contributed by atoms with Crippen LogP contribution >= 0.6 is 0 Å². The lowest BCUT2D eigenvalue weighted by Gasteiger charge is -2.18. The average molecular weight is 261 g/mol. The highest BCUT2D eigenvalue weighted by Gasteiger charge is 2.19. The number of aryl methyl sites for hydroxylation is 1. The first-order chi connectivity index (χ1) is 9.15. The van der Waals surface area contributed by atoms with E-state index in [1.165, 1.54) is 0 Å². The number of benzene rings is 1. The molecule has 98 valence electrons. The zero-order chi connectivity index (χ0) is 13.4. The summed E-state index contributed by atoms with van der Waals surface area (Å²) < 4.78 is 16.2. The molecular formula is C13H11NO5. The fourth-order valence-electron chi connectivity index (χ4n) is 1.89. The minimum atomic E-state index is -1.11. The summed E-state index contributed by atoms with van der Waals surface area (Å²) in [5.41, 5.74) is 0.574. The summed E-state index contributed by atoms with van der Waals surface area (Å²) in [4.78, 5) is 14.9. The number of ether oxygens (including phenoxy) is 2. The molecule has 1 aromatic carbocycles. The van der Waals surface area contributed by atoms with Gasteiger partial charge in [-0.05, 0) is 25.1 Å². The summed E-state index contributed by atoms with van der Waals surface area (Å²) in [5.74, 6) is 0.697.